The van der Waals surface area contributed by atoms with Crippen molar-refractivity contribution >= 4 is 15.8 Å². The molecule has 0 fully saturated rings. The van der Waals surface area contributed by atoms with Crippen molar-refractivity contribution in [1.29, 1.82) is 0 Å². The standard InChI is InChI=1S/C21H25.C12H10Si.C5H5.Zr/c1-20(2,3)16-9-7-14-11-15-8-10-17(21(4,5)6)13-19(15)18(14)12-16;1-3-7-11(8-4-1)13-12-9-5-2-6-10-12;1-2-4-5-3-1;/h7-13H,1-6H3;1-10H;1-3H,4H2;. The second-order valence-corrected chi connectivity index (χ2v) is 27.2. The van der Waals surface area contributed by atoms with Crippen LogP contribution >= 0.6 is 0 Å². The third kappa shape index (κ3) is 5.15. The van der Waals surface area contributed by atoms with E-state index in [0.717, 1.165) is 6.42 Å². The fraction of sp³-hybridized carbons (Fsp3) is 0.263. The molecule has 0 nitrogen and oxygen atoms in total. The van der Waals surface area contributed by atoms with Crippen LogP contribution in [0.1, 0.15) is 73.8 Å². The van der Waals surface area contributed by atoms with E-state index in [-0.39, 0.29) is 10.8 Å². The van der Waals surface area contributed by atoms with Crippen molar-refractivity contribution in [1.82, 2.24) is 0 Å². The quantitative estimate of drug-likeness (QED) is 0.202. The van der Waals surface area contributed by atoms with E-state index in [0.29, 0.717) is 3.63 Å². The Morgan fingerprint density at radius 1 is 0.625 bits per heavy atom. The Labute approximate surface area is 249 Å². The number of rotatable bonds is 4. The molecule has 0 radical (unpaired) electrons. The molecule has 0 atom stereocenters. The molecule has 0 saturated carbocycles. The summed E-state index contributed by atoms with van der Waals surface area (Å²) in [6.45, 7) is 14.1. The molecule has 0 amide bonds. The Balaban J connectivity index is 1.71. The van der Waals surface area contributed by atoms with Gasteiger partial charge in [0, 0.05) is 0 Å². The normalized spacial score (nSPS) is 14.6. The van der Waals surface area contributed by atoms with Crippen LogP contribution in [0.25, 0.3) is 11.1 Å². The van der Waals surface area contributed by atoms with Crippen LogP contribution in [0.2, 0.25) is 0 Å². The number of allylic oxidation sites excluding steroid dienone is 4. The first-order chi connectivity index (χ1) is 19.1. The van der Waals surface area contributed by atoms with Gasteiger partial charge in [-0.05, 0) is 0 Å². The Morgan fingerprint density at radius 2 is 1.10 bits per heavy atom. The maximum atomic E-state index is 2.54. The van der Waals surface area contributed by atoms with E-state index in [2.05, 4.69) is 157 Å². The van der Waals surface area contributed by atoms with Crippen molar-refractivity contribution in [2.45, 2.75) is 62.4 Å². The number of benzene rings is 4. The predicted octanol–water partition coefficient (Wildman–Crippen LogP) is 8.62. The van der Waals surface area contributed by atoms with E-state index < -0.39 is 25.8 Å². The molecule has 2 aliphatic carbocycles. The summed E-state index contributed by atoms with van der Waals surface area (Å²) in [5.41, 5.74) is 8.30. The number of hydrogen-bond donors (Lipinski definition) is 0. The van der Waals surface area contributed by atoms with Crippen LogP contribution in [0.5, 0.6) is 0 Å². The van der Waals surface area contributed by atoms with Gasteiger partial charge in [0.05, 0.1) is 0 Å². The van der Waals surface area contributed by atoms with Gasteiger partial charge in [-0.15, -0.1) is 0 Å². The van der Waals surface area contributed by atoms with E-state index in [9.17, 15) is 0 Å². The summed E-state index contributed by atoms with van der Waals surface area (Å²) in [7, 11) is 0. The van der Waals surface area contributed by atoms with Gasteiger partial charge in [-0.1, -0.05) is 0 Å². The van der Waals surface area contributed by atoms with E-state index in [1.807, 2.05) is 0 Å². The van der Waals surface area contributed by atoms with E-state index >= 15 is 0 Å². The molecule has 6 rings (SSSR count). The SMILES string of the molecule is CC(C)(C)c1ccc2c(c1)-c1cc(C(C)(C)C)ccc1[CH]2[Zr]([C]1=CC=CC1)=[Si](c1ccccc1)c1ccccc1. The van der Waals surface area contributed by atoms with Gasteiger partial charge >= 0.3 is 251 Å². The molecule has 0 bridgehead atoms. The molecule has 0 aromatic heterocycles. The fourth-order valence-electron chi connectivity index (χ4n) is 6.32. The second-order valence-electron chi connectivity index (χ2n) is 13.4. The van der Waals surface area contributed by atoms with Crippen molar-refractivity contribution in [3.63, 3.8) is 0 Å². The van der Waals surface area contributed by atoms with Crippen LogP contribution in [0.3, 0.4) is 0 Å². The Kier molecular flexibility index (Phi) is 7.39. The van der Waals surface area contributed by atoms with Crippen LogP contribution < -0.4 is 10.4 Å². The molecule has 40 heavy (non-hydrogen) atoms. The Bertz CT molecular complexity index is 1550. The van der Waals surface area contributed by atoms with Crippen molar-refractivity contribution in [2.24, 2.45) is 0 Å². The van der Waals surface area contributed by atoms with Crippen LogP contribution in [0.15, 0.2) is 119 Å². The van der Waals surface area contributed by atoms with Gasteiger partial charge in [-0.25, -0.2) is 0 Å². The van der Waals surface area contributed by atoms with Crippen LogP contribution in [-0.4, -0.2) is 5.43 Å². The summed E-state index contributed by atoms with van der Waals surface area (Å²) in [6.07, 6.45) is 8.36. The van der Waals surface area contributed by atoms with Gasteiger partial charge in [0.25, 0.3) is 0 Å². The minimum atomic E-state index is -2.43. The third-order valence-electron chi connectivity index (χ3n) is 8.55. The molecule has 2 heteroatoms. The van der Waals surface area contributed by atoms with Gasteiger partial charge in [0.1, 0.15) is 0 Å². The Hall–Kier alpha value is -2.54. The van der Waals surface area contributed by atoms with Gasteiger partial charge in [0.2, 0.25) is 0 Å². The molecule has 0 saturated heterocycles. The van der Waals surface area contributed by atoms with E-state index in [1.54, 1.807) is 24.8 Å². The molecule has 200 valence electrons. The first-order valence-electron chi connectivity index (χ1n) is 14.6. The molecule has 0 unspecified atom stereocenters. The second kappa shape index (κ2) is 10.7. The summed E-state index contributed by atoms with van der Waals surface area (Å²) in [5.74, 6) is 0. The van der Waals surface area contributed by atoms with Crippen LogP contribution in [-0.2, 0) is 31.2 Å². The molecule has 0 heterocycles. The zero-order valence-corrected chi connectivity index (χ0v) is 28.2. The van der Waals surface area contributed by atoms with Crippen molar-refractivity contribution in [3.8, 4) is 11.1 Å². The zero-order chi connectivity index (χ0) is 28.1. The van der Waals surface area contributed by atoms with Crippen molar-refractivity contribution in [3.05, 3.63) is 141 Å². The molecule has 4 aromatic carbocycles. The average molecular weight is 616 g/mol. The first kappa shape index (κ1) is 27.6. The number of hydrogen-bond acceptors (Lipinski definition) is 0. The monoisotopic (exact) mass is 614 g/mol. The third-order valence-corrected chi connectivity index (χ3v) is 28.3. The summed E-state index contributed by atoms with van der Waals surface area (Å²) in [6, 6.07) is 38.1. The van der Waals surface area contributed by atoms with Gasteiger partial charge in [0.15, 0.2) is 0 Å². The fourth-order valence-corrected chi connectivity index (χ4v) is 28.6. The maximum absolute atomic E-state index is 2.54. The summed E-state index contributed by atoms with van der Waals surface area (Å²) in [5, 5.41) is 3.15. The van der Waals surface area contributed by atoms with Crippen molar-refractivity contribution < 1.29 is 20.4 Å². The van der Waals surface area contributed by atoms with Gasteiger partial charge < -0.3 is 0 Å². The summed E-state index contributed by atoms with van der Waals surface area (Å²) >= 11 is -2.43. The van der Waals surface area contributed by atoms with Crippen LogP contribution in [0.4, 0.5) is 0 Å². The Morgan fingerprint density at radius 3 is 1.50 bits per heavy atom. The summed E-state index contributed by atoms with van der Waals surface area (Å²) < 4.78 is 2.29. The zero-order valence-electron chi connectivity index (χ0n) is 24.8. The molecule has 0 spiro atoms. The topological polar surface area (TPSA) is 0 Å². The van der Waals surface area contributed by atoms with E-state index in [1.165, 1.54) is 22.3 Å². The molecular weight excluding hydrogens is 576 g/mol. The van der Waals surface area contributed by atoms with Gasteiger partial charge in [-0.3, -0.25) is 0 Å². The average Bonchev–Trinajstić information content (AvgIpc) is 3.58. The molecule has 4 aromatic rings. The van der Waals surface area contributed by atoms with Crippen molar-refractivity contribution in [2.75, 3.05) is 0 Å². The first-order valence-corrected chi connectivity index (χ1v) is 22.5. The molecular formula is C38H40SiZr. The molecule has 0 N–H and O–H groups in total. The van der Waals surface area contributed by atoms with Crippen LogP contribution in [0, 0.1) is 0 Å². The molecule has 2 aliphatic rings. The summed E-state index contributed by atoms with van der Waals surface area (Å²) in [4.78, 5) is 0. The predicted molar refractivity (Wildman–Crippen MR) is 171 cm³/mol. The number of fused-ring (bicyclic) bond motifs is 3. The minimum absolute atomic E-state index is 0.122. The van der Waals surface area contributed by atoms with E-state index in [4.69, 9.17) is 0 Å². The molecule has 0 aliphatic heterocycles. The van der Waals surface area contributed by atoms with Gasteiger partial charge in [-0.2, -0.15) is 0 Å².